The molecule has 1 aliphatic heterocycles. The van der Waals surface area contributed by atoms with Gasteiger partial charge < -0.3 is 10.2 Å². The van der Waals surface area contributed by atoms with Gasteiger partial charge in [-0.2, -0.15) is 0 Å². The Bertz CT molecular complexity index is 903. The van der Waals surface area contributed by atoms with E-state index in [9.17, 15) is 4.79 Å². The van der Waals surface area contributed by atoms with Crippen molar-refractivity contribution in [1.82, 2.24) is 19.8 Å². The van der Waals surface area contributed by atoms with E-state index in [1.54, 1.807) is 0 Å². The number of nitrogens with zero attached hydrogens (tertiary/aromatic N) is 3. The van der Waals surface area contributed by atoms with Crippen LogP contribution in [0.1, 0.15) is 19.2 Å². The Morgan fingerprint density at radius 3 is 2.73 bits per heavy atom. The second-order valence-electron chi connectivity index (χ2n) is 6.83. The Labute approximate surface area is 153 Å². The summed E-state index contributed by atoms with van der Waals surface area (Å²) in [5.74, 6) is 1.15. The van der Waals surface area contributed by atoms with Crippen LogP contribution >= 0.6 is 0 Å². The number of amides is 1. The van der Waals surface area contributed by atoms with Crippen molar-refractivity contribution in [2.24, 2.45) is 0 Å². The lowest BCUT2D eigenvalue weighted by Gasteiger charge is -2.34. The molecule has 1 aliphatic rings. The van der Waals surface area contributed by atoms with Gasteiger partial charge in [-0.3, -0.25) is 9.36 Å². The average Bonchev–Trinajstić information content (AvgIpc) is 3.05. The van der Waals surface area contributed by atoms with Crippen molar-refractivity contribution in [3.8, 4) is 5.69 Å². The van der Waals surface area contributed by atoms with Gasteiger partial charge in [0, 0.05) is 44.2 Å². The number of hydrogen-bond donors (Lipinski definition) is 1. The maximum atomic E-state index is 12.7. The quantitative estimate of drug-likeness (QED) is 0.789. The van der Waals surface area contributed by atoms with Crippen LogP contribution in [0.2, 0.25) is 0 Å². The van der Waals surface area contributed by atoms with Crippen molar-refractivity contribution in [2.45, 2.75) is 25.8 Å². The van der Waals surface area contributed by atoms with E-state index in [-0.39, 0.29) is 11.9 Å². The minimum absolute atomic E-state index is 0.214. The van der Waals surface area contributed by atoms with E-state index < -0.39 is 0 Å². The van der Waals surface area contributed by atoms with Gasteiger partial charge in [-0.1, -0.05) is 30.3 Å². The number of nitrogens with one attached hydrogen (secondary N) is 1. The molecule has 134 valence electrons. The molecule has 0 radical (unpaired) electrons. The van der Waals surface area contributed by atoms with Crippen LogP contribution < -0.4 is 5.32 Å². The zero-order chi connectivity index (χ0) is 17.9. The molecule has 1 fully saturated rings. The fourth-order valence-electron chi connectivity index (χ4n) is 3.68. The number of imidazole rings is 1. The van der Waals surface area contributed by atoms with Crippen LogP contribution in [0.3, 0.4) is 0 Å². The van der Waals surface area contributed by atoms with Gasteiger partial charge >= 0.3 is 0 Å². The zero-order valence-electron chi connectivity index (χ0n) is 15.1. The van der Waals surface area contributed by atoms with Gasteiger partial charge in [0.05, 0.1) is 11.0 Å². The number of aryl methyl sites for hydroxylation is 1. The Hall–Kier alpha value is -2.66. The van der Waals surface area contributed by atoms with Gasteiger partial charge in [0.25, 0.3) is 0 Å². The zero-order valence-corrected chi connectivity index (χ0v) is 15.1. The first-order valence-corrected chi connectivity index (χ1v) is 9.26. The minimum atomic E-state index is 0.214. The second kappa shape index (κ2) is 7.30. The van der Waals surface area contributed by atoms with Gasteiger partial charge in [0.15, 0.2) is 0 Å². The molecule has 1 saturated heterocycles. The number of piperazine rings is 1. The average molecular weight is 348 g/mol. The lowest BCUT2D eigenvalue weighted by Crippen LogP contribution is -2.52. The number of para-hydroxylation sites is 3. The normalized spacial score (nSPS) is 17.6. The molecule has 0 bridgehead atoms. The first-order valence-electron chi connectivity index (χ1n) is 9.26. The Morgan fingerprint density at radius 1 is 1.15 bits per heavy atom. The summed E-state index contributed by atoms with van der Waals surface area (Å²) in [6.07, 6.45) is 1.12. The fraction of sp³-hybridized carbons (Fsp3) is 0.333. The molecule has 0 spiro atoms. The summed E-state index contributed by atoms with van der Waals surface area (Å²) >= 11 is 0. The lowest BCUT2D eigenvalue weighted by atomic mass is 10.1. The molecular formula is C21H24N4O. The summed E-state index contributed by atoms with van der Waals surface area (Å²) in [7, 11) is 0. The third-order valence-corrected chi connectivity index (χ3v) is 5.03. The summed E-state index contributed by atoms with van der Waals surface area (Å²) < 4.78 is 2.17. The molecule has 1 unspecified atom stereocenters. The van der Waals surface area contributed by atoms with E-state index in [2.05, 4.69) is 35.0 Å². The largest absolute Gasteiger partial charge is 0.337 e. The summed E-state index contributed by atoms with van der Waals surface area (Å²) in [4.78, 5) is 19.5. The van der Waals surface area contributed by atoms with Crippen LogP contribution in [0, 0.1) is 0 Å². The third-order valence-electron chi connectivity index (χ3n) is 5.03. The molecule has 1 aromatic heterocycles. The van der Waals surface area contributed by atoms with Crippen LogP contribution in [0.15, 0.2) is 54.6 Å². The maximum Gasteiger partial charge on any atom is 0.223 e. The maximum absolute atomic E-state index is 12.7. The number of carbonyl (C=O) groups excluding carboxylic acids is 1. The van der Waals surface area contributed by atoms with Crippen molar-refractivity contribution >= 4 is 16.9 Å². The standard InChI is InChI=1S/C21H24N4O/c1-16-15-22-13-14-24(16)21(26)12-11-20-23-18-9-5-6-10-19(18)25(20)17-7-3-2-4-8-17/h2-10,16,22H,11-15H2,1H3. The Balaban J connectivity index is 1.61. The van der Waals surface area contributed by atoms with Gasteiger partial charge in [-0.05, 0) is 31.2 Å². The highest BCUT2D eigenvalue weighted by atomic mass is 16.2. The van der Waals surface area contributed by atoms with E-state index in [0.29, 0.717) is 12.8 Å². The number of hydrogen-bond acceptors (Lipinski definition) is 3. The molecule has 5 heteroatoms. The number of aromatic nitrogens is 2. The van der Waals surface area contributed by atoms with E-state index in [1.165, 1.54) is 0 Å². The van der Waals surface area contributed by atoms with Crippen LogP contribution in [0.4, 0.5) is 0 Å². The number of benzene rings is 2. The van der Waals surface area contributed by atoms with Crippen molar-refractivity contribution < 1.29 is 4.79 Å². The number of rotatable bonds is 4. The highest BCUT2D eigenvalue weighted by Crippen LogP contribution is 2.22. The second-order valence-corrected chi connectivity index (χ2v) is 6.83. The monoisotopic (exact) mass is 348 g/mol. The van der Waals surface area contributed by atoms with E-state index in [4.69, 9.17) is 4.98 Å². The molecule has 0 aliphatic carbocycles. The molecule has 0 saturated carbocycles. The molecular weight excluding hydrogens is 324 g/mol. The Morgan fingerprint density at radius 2 is 1.92 bits per heavy atom. The molecule has 26 heavy (non-hydrogen) atoms. The van der Waals surface area contributed by atoms with Crippen molar-refractivity contribution in [3.63, 3.8) is 0 Å². The van der Waals surface area contributed by atoms with Gasteiger partial charge in [0.2, 0.25) is 5.91 Å². The fourth-order valence-corrected chi connectivity index (χ4v) is 3.68. The van der Waals surface area contributed by atoms with Crippen LogP contribution in [-0.2, 0) is 11.2 Å². The predicted octanol–water partition coefficient (Wildman–Crippen LogP) is 2.78. The van der Waals surface area contributed by atoms with Crippen LogP contribution in [0.25, 0.3) is 16.7 Å². The van der Waals surface area contributed by atoms with Gasteiger partial charge in [-0.15, -0.1) is 0 Å². The Kier molecular flexibility index (Phi) is 4.71. The predicted molar refractivity (Wildman–Crippen MR) is 103 cm³/mol. The van der Waals surface area contributed by atoms with Crippen molar-refractivity contribution in [1.29, 1.82) is 0 Å². The first-order chi connectivity index (χ1) is 12.7. The third kappa shape index (κ3) is 3.22. The number of carbonyl (C=O) groups is 1. The molecule has 1 atom stereocenters. The molecule has 4 rings (SSSR count). The summed E-state index contributed by atoms with van der Waals surface area (Å²) in [6.45, 7) is 4.63. The number of fused-ring (bicyclic) bond motifs is 1. The van der Waals surface area contributed by atoms with E-state index in [0.717, 1.165) is 42.2 Å². The van der Waals surface area contributed by atoms with Gasteiger partial charge in [0.1, 0.15) is 5.82 Å². The van der Waals surface area contributed by atoms with E-state index >= 15 is 0 Å². The van der Waals surface area contributed by atoms with Crippen molar-refractivity contribution in [2.75, 3.05) is 19.6 Å². The molecule has 1 amide bonds. The SMILES string of the molecule is CC1CNCCN1C(=O)CCc1nc2ccccc2n1-c1ccccc1. The smallest absolute Gasteiger partial charge is 0.223 e. The molecule has 2 heterocycles. The summed E-state index contributed by atoms with van der Waals surface area (Å²) in [5.41, 5.74) is 3.13. The van der Waals surface area contributed by atoms with Gasteiger partial charge in [-0.25, -0.2) is 4.98 Å². The first kappa shape index (κ1) is 16.8. The summed E-state index contributed by atoms with van der Waals surface area (Å²) in [5, 5.41) is 3.33. The molecule has 3 aromatic rings. The van der Waals surface area contributed by atoms with Crippen LogP contribution in [-0.4, -0.2) is 46.0 Å². The highest BCUT2D eigenvalue weighted by Gasteiger charge is 2.23. The van der Waals surface area contributed by atoms with Crippen molar-refractivity contribution in [3.05, 3.63) is 60.4 Å². The minimum Gasteiger partial charge on any atom is -0.337 e. The summed E-state index contributed by atoms with van der Waals surface area (Å²) in [6, 6.07) is 18.6. The lowest BCUT2D eigenvalue weighted by molar-refractivity contribution is -0.133. The van der Waals surface area contributed by atoms with E-state index in [1.807, 2.05) is 41.3 Å². The molecule has 5 nitrogen and oxygen atoms in total. The molecule has 1 N–H and O–H groups in total. The molecule has 2 aromatic carbocycles. The van der Waals surface area contributed by atoms with Crippen LogP contribution in [0.5, 0.6) is 0 Å². The highest BCUT2D eigenvalue weighted by molar-refractivity contribution is 5.79. The topological polar surface area (TPSA) is 50.2 Å².